The number of nitrogens with zero attached hydrogens (tertiary/aromatic N) is 1. The van der Waals surface area contributed by atoms with Gasteiger partial charge in [-0.3, -0.25) is 0 Å². The van der Waals surface area contributed by atoms with Crippen molar-refractivity contribution >= 4 is 23.2 Å². The summed E-state index contributed by atoms with van der Waals surface area (Å²) >= 11 is 12.0. The Morgan fingerprint density at radius 1 is 0.960 bits per heavy atom. The zero-order valence-electron chi connectivity index (χ0n) is 14.8. The van der Waals surface area contributed by atoms with Gasteiger partial charge in [0.05, 0.1) is 17.2 Å². The highest BCUT2D eigenvalue weighted by molar-refractivity contribution is 6.42. The first kappa shape index (κ1) is 19.9. The fraction of sp³-hybridized carbons (Fsp3) is 0.368. The van der Waals surface area contributed by atoms with E-state index >= 15 is 0 Å². The van der Waals surface area contributed by atoms with E-state index in [4.69, 9.17) is 32.7 Å². The zero-order chi connectivity index (χ0) is 18.2. The second-order valence-electron chi connectivity index (χ2n) is 6.00. The molecule has 2 rings (SSSR count). The Bertz CT molecular complexity index is 693. The third-order valence-corrected chi connectivity index (χ3v) is 4.41. The molecule has 0 aliphatic heterocycles. The minimum Gasteiger partial charge on any atom is -0.493 e. The molecule has 0 unspecified atom stereocenters. The van der Waals surface area contributed by atoms with Gasteiger partial charge in [0.1, 0.15) is 6.61 Å². The number of likely N-dealkylation sites (N-methyl/N-ethyl adjacent to an activating group) is 1. The van der Waals surface area contributed by atoms with Gasteiger partial charge in [0.15, 0.2) is 11.5 Å². The first-order valence-corrected chi connectivity index (χ1v) is 8.84. The number of rotatable bonds is 9. The SMILES string of the molecule is COc1cc(CNCCN(C)C)ccc1OCc1ccc(Cl)c(Cl)c1. The highest BCUT2D eigenvalue weighted by atomic mass is 35.5. The average Bonchev–Trinajstić information content (AvgIpc) is 2.60. The molecule has 0 aromatic heterocycles. The smallest absolute Gasteiger partial charge is 0.161 e. The molecule has 6 heteroatoms. The Morgan fingerprint density at radius 3 is 2.40 bits per heavy atom. The van der Waals surface area contributed by atoms with Gasteiger partial charge in [-0.25, -0.2) is 0 Å². The maximum absolute atomic E-state index is 6.03. The van der Waals surface area contributed by atoms with Crippen molar-refractivity contribution in [3.8, 4) is 11.5 Å². The number of ether oxygens (including phenoxy) is 2. The van der Waals surface area contributed by atoms with E-state index in [9.17, 15) is 0 Å². The van der Waals surface area contributed by atoms with Crippen LogP contribution in [0.3, 0.4) is 0 Å². The van der Waals surface area contributed by atoms with Gasteiger partial charge < -0.3 is 19.7 Å². The van der Waals surface area contributed by atoms with Crippen molar-refractivity contribution in [1.29, 1.82) is 0 Å². The van der Waals surface area contributed by atoms with E-state index < -0.39 is 0 Å². The van der Waals surface area contributed by atoms with Crippen LogP contribution in [0, 0.1) is 0 Å². The molecule has 0 saturated carbocycles. The van der Waals surface area contributed by atoms with Crippen LogP contribution in [0.4, 0.5) is 0 Å². The molecule has 0 spiro atoms. The number of methoxy groups -OCH3 is 1. The summed E-state index contributed by atoms with van der Waals surface area (Å²) in [6.45, 7) is 3.12. The molecule has 0 heterocycles. The highest BCUT2D eigenvalue weighted by Gasteiger charge is 2.07. The minimum absolute atomic E-state index is 0.397. The molecule has 0 radical (unpaired) electrons. The van der Waals surface area contributed by atoms with Crippen molar-refractivity contribution in [1.82, 2.24) is 10.2 Å². The molecule has 0 atom stereocenters. The summed E-state index contributed by atoms with van der Waals surface area (Å²) in [6.07, 6.45) is 0. The second-order valence-corrected chi connectivity index (χ2v) is 6.82. The maximum Gasteiger partial charge on any atom is 0.161 e. The lowest BCUT2D eigenvalue weighted by Crippen LogP contribution is -2.26. The predicted molar refractivity (Wildman–Crippen MR) is 104 cm³/mol. The van der Waals surface area contributed by atoms with Crippen LogP contribution < -0.4 is 14.8 Å². The molecule has 2 aromatic carbocycles. The molecular weight excluding hydrogens is 359 g/mol. The molecule has 1 N–H and O–H groups in total. The van der Waals surface area contributed by atoms with E-state index in [2.05, 4.69) is 24.3 Å². The van der Waals surface area contributed by atoms with Crippen molar-refractivity contribution in [2.45, 2.75) is 13.2 Å². The summed E-state index contributed by atoms with van der Waals surface area (Å²) in [4.78, 5) is 2.15. The van der Waals surface area contributed by atoms with Gasteiger partial charge >= 0.3 is 0 Å². The molecule has 0 bridgehead atoms. The van der Waals surface area contributed by atoms with Crippen LogP contribution in [0.5, 0.6) is 11.5 Å². The Labute approximate surface area is 159 Å². The van der Waals surface area contributed by atoms with Crippen molar-refractivity contribution in [3.05, 3.63) is 57.6 Å². The number of hydrogen-bond donors (Lipinski definition) is 1. The maximum atomic E-state index is 6.03. The molecular formula is C19H24Cl2N2O2. The van der Waals surface area contributed by atoms with Crippen molar-refractivity contribution in [3.63, 3.8) is 0 Å². The van der Waals surface area contributed by atoms with E-state index in [0.29, 0.717) is 28.2 Å². The summed E-state index contributed by atoms with van der Waals surface area (Å²) in [5, 5.41) is 4.47. The largest absolute Gasteiger partial charge is 0.493 e. The van der Waals surface area contributed by atoms with Crippen LogP contribution in [0.1, 0.15) is 11.1 Å². The van der Waals surface area contributed by atoms with E-state index in [1.165, 1.54) is 0 Å². The summed E-state index contributed by atoms with van der Waals surface area (Å²) in [7, 11) is 5.76. The number of benzene rings is 2. The van der Waals surface area contributed by atoms with Crippen LogP contribution >= 0.6 is 23.2 Å². The van der Waals surface area contributed by atoms with Gasteiger partial charge in [0.25, 0.3) is 0 Å². The first-order valence-electron chi connectivity index (χ1n) is 8.08. The average molecular weight is 383 g/mol. The molecule has 136 valence electrons. The summed E-state index contributed by atoms with van der Waals surface area (Å²) in [6, 6.07) is 11.4. The molecule has 25 heavy (non-hydrogen) atoms. The van der Waals surface area contributed by atoms with Crippen LogP contribution in [-0.2, 0) is 13.2 Å². The Hall–Kier alpha value is -1.46. The molecule has 0 amide bonds. The van der Waals surface area contributed by atoms with Crippen molar-refractivity contribution in [2.24, 2.45) is 0 Å². The fourth-order valence-electron chi connectivity index (χ4n) is 2.27. The third-order valence-electron chi connectivity index (χ3n) is 3.67. The van der Waals surface area contributed by atoms with Crippen molar-refractivity contribution in [2.75, 3.05) is 34.3 Å². The highest BCUT2D eigenvalue weighted by Crippen LogP contribution is 2.29. The Balaban J connectivity index is 1.95. The van der Waals surface area contributed by atoms with Crippen LogP contribution in [0.15, 0.2) is 36.4 Å². The summed E-state index contributed by atoms with van der Waals surface area (Å²) in [5.41, 5.74) is 2.10. The van der Waals surface area contributed by atoms with Gasteiger partial charge in [0, 0.05) is 19.6 Å². The van der Waals surface area contributed by atoms with Crippen LogP contribution in [-0.4, -0.2) is 39.2 Å². The minimum atomic E-state index is 0.397. The van der Waals surface area contributed by atoms with Gasteiger partial charge in [-0.2, -0.15) is 0 Å². The second kappa shape index (κ2) is 9.88. The predicted octanol–water partition coefficient (Wildman–Crippen LogP) is 4.23. The molecule has 2 aromatic rings. The lowest BCUT2D eigenvalue weighted by molar-refractivity contribution is 0.284. The summed E-state index contributed by atoms with van der Waals surface area (Å²) in [5.74, 6) is 1.41. The van der Waals surface area contributed by atoms with Crippen LogP contribution in [0.2, 0.25) is 10.0 Å². The van der Waals surface area contributed by atoms with E-state index in [1.807, 2.05) is 24.3 Å². The first-order chi connectivity index (χ1) is 12.0. The number of halogens is 2. The van der Waals surface area contributed by atoms with Gasteiger partial charge in [-0.1, -0.05) is 35.3 Å². The van der Waals surface area contributed by atoms with Gasteiger partial charge in [-0.05, 0) is 49.5 Å². The number of nitrogens with one attached hydrogen (secondary N) is 1. The lowest BCUT2D eigenvalue weighted by Gasteiger charge is -2.14. The molecule has 0 saturated heterocycles. The fourth-order valence-corrected chi connectivity index (χ4v) is 2.59. The molecule has 0 fully saturated rings. The van der Waals surface area contributed by atoms with E-state index in [1.54, 1.807) is 19.2 Å². The lowest BCUT2D eigenvalue weighted by atomic mass is 10.2. The van der Waals surface area contributed by atoms with Gasteiger partial charge in [0.2, 0.25) is 0 Å². The van der Waals surface area contributed by atoms with E-state index in [-0.39, 0.29) is 0 Å². The normalized spacial score (nSPS) is 11.0. The molecule has 0 aliphatic rings. The summed E-state index contributed by atoms with van der Waals surface area (Å²) < 4.78 is 11.3. The Morgan fingerprint density at radius 2 is 1.72 bits per heavy atom. The van der Waals surface area contributed by atoms with Crippen LogP contribution in [0.25, 0.3) is 0 Å². The zero-order valence-corrected chi connectivity index (χ0v) is 16.3. The topological polar surface area (TPSA) is 33.7 Å². The Kier molecular flexibility index (Phi) is 7.85. The third kappa shape index (κ3) is 6.40. The van der Waals surface area contributed by atoms with E-state index in [0.717, 1.165) is 30.8 Å². The standard InChI is InChI=1S/C19H24Cl2N2O2/c1-23(2)9-8-22-12-14-5-7-18(19(11-14)24-3)25-13-15-4-6-16(20)17(21)10-15/h4-7,10-11,22H,8-9,12-13H2,1-3H3. The number of hydrogen-bond acceptors (Lipinski definition) is 4. The van der Waals surface area contributed by atoms with Gasteiger partial charge in [-0.15, -0.1) is 0 Å². The monoisotopic (exact) mass is 382 g/mol. The molecule has 0 aliphatic carbocycles. The molecule has 4 nitrogen and oxygen atoms in total. The quantitative estimate of drug-likeness (QED) is 0.657. The van der Waals surface area contributed by atoms with Crippen molar-refractivity contribution < 1.29 is 9.47 Å².